The fraction of sp³-hybridized carbons (Fsp3) is 0.474. The van der Waals surface area contributed by atoms with Gasteiger partial charge < -0.3 is 5.32 Å². The zero-order chi connectivity index (χ0) is 17.8. The maximum Gasteiger partial charge on any atom is 0.254 e. The number of carbonyl (C=O) groups is 1. The number of hydrogen-bond acceptors (Lipinski definition) is 2. The van der Waals surface area contributed by atoms with Crippen molar-refractivity contribution in [2.75, 3.05) is 6.54 Å². The van der Waals surface area contributed by atoms with Crippen LogP contribution < -0.4 is 5.32 Å². The van der Waals surface area contributed by atoms with Gasteiger partial charge in [-0.25, -0.2) is 0 Å². The highest BCUT2D eigenvalue weighted by molar-refractivity contribution is 6.34. The van der Waals surface area contributed by atoms with Gasteiger partial charge in [-0.2, -0.15) is 5.10 Å². The number of carbonyl (C=O) groups excluding carboxylic acids is 1. The van der Waals surface area contributed by atoms with E-state index in [-0.39, 0.29) is 5.91 Å². The van der Waals surface area contributed by atoms with Crippen molar-refractivity contribution in [2.45, 2.75) is 51.5 Å². The Balaban J connectivity index is 1.63. The molecule has 1 heterocycles. The molecule has 1 aromatic carbocycles. The molecule has 1 fully saturated rings. The minimum Gasteiger partial charge on any atom is -0.352 e. The number of nitrogens with zero attached hydrogens (tertiary/aromatic N) is 2. The summed E-state index contributed by atoms with van der Waals surface area (Å²) >= 11 is 12.0. The third kappa shape index (κ3) is 4.36. The van der Waals surface area contributed by atoms with Gasteiger partial charge in [0.15, 0.2) is 0 Å². The Labute approximate surface area is 158 Å². The summed E-state index contributed by atoms with van der Waals surface area (Å²) in [6, 6.07) is 5.89. The van der Waals surface area contributed by atoms with Gasteiger partial charge in [-0.1, -0.05) is 43.0 Å². The zero-order valence-electron chi connectivity index (χ0n) is 14.4. The van der Waals surface area contributed by atoms with E-state index in [9.17, 15) is 4.79 Å². The molecule has 0 radical (unpaired) electrons. The highest BCUT2D eigenvalue weighted by atomic mass is 35.5. The van der Waals surface area contributed by atoms with Gasteiger partial charge in [-0.15, -0.1) is 0 Å². The van der Waals surface area contributed by atoms with Crippen LogP contribution in [0.4, 0.5) is 0 Å². The molecule has 0 atom stereocenters. The highest BCUT2D eigenvalue weighted by Gasteiger charge is 2.23. The summed E-state index contributed by atoms with van der Waals surface area (Å²) in [5, 5.41) is 8.71. The van der Waals surface area contributed by atoms with Crippen LogP contribution in [0, 0.1) is 0 Å². The fourth-order valence-electron chi connectivity index (χ4n) is 3.56. The molecule has 0 unspecified atom stereocenters. The van der Waals surface area contributed by atoms with Gasteiger partial charge in [-0.05, 0) is 49.4 Å². The minimum atomic E-state index is -0.0609. The van der Waals surface area contributed by atoms with Gasteiger partial charge in [0.05, 0.1) is 23.5 Å². The minimum absolute atomic E-state index is 0.0609. The Morgan fingerprint density at radius 2 is 1.92 bits per heavy atom. The SMILES string of the molecule is CCc1c(C(=O)NCCc2cc(Cl)cc(Cl)c2)cnn1C1CCCC1. The van der Waals surface area contributed by atoms with E-state index >= 15 is 0 Å². The number of benzene rings is 1. The first-order valence-electron chi connectivity index (χ1n) is 8.88. The molecule has 0 bridgehead atoms. The number of amides is 1. The highest BCUT2D eigenvalue weighted by Crippen LogP contribution is 2.30. The Bertz CT molecular complexity index is 731. The topological polar surface area (TPSA) is 46.9 Å². The molecular formula is C19H23Cl2N3O. The van der Waals surface area contributed by atoms with Gasteiger partial charge in [-0.3, -0.25) is 9.48 Å². The van der Waals surface area contributed by atoms with Crippen molar-refractivity contribution in [1.82, 2.24) is 15.1 Å². The van der Waals surface area contributed by atoms with Gasteiger partial charge in [0.1, 0.15) is 0 Å². The van der Waals surface area contributed by atoms with Crippen LogP contribution in [0.25, 0.3) is 0 Å². The molecule has 1 amide bonds. The maximum atomic E-state index is 12.6. The molecule has 4 nitrogen and oxygen atoms in total. The van der Waals surface area contributed by atoms with Gasteiger partial charge >= 0.3 is 0 Å². The lowest BCUT2D eigenvalue weighted by Crippen LogP contribution is -2.26. The molecule has 0 spiro atoms. The van der Waals surface area contributed by atoms with Crippen LogP contribution in [-0.4, -0.2) is 22.2 Å². The van der Waals surface area contributed by atoms with Gasteiger partial charge in [0.25, 0.3) is 5.91 Å². The van der Waals surface area contributed by atoms with E-state index in [1.54, 1.807) is 12.3 Å². The smallest absolute Gasteiger partial charge is 0.254 e. The Morgan fingerprint density at radius 1 is 1.24 bits per heavy atom. The molecule has 2 aromatic rings. The third-order valence-electron chi connectivity index (χ3n) is 4.77. The van der Waals surface area contributed by atoms with Crippen molar-refractivity contribution in [3.8, 4) is 0 Å². The van der Waals surface area contributed by atoms with E-state index in [0.29, 0.717) is 34.6 Å². The lowest BCUT2D eigenvalue weighted by Gasteiger charge is -2.14. The van der Waals surface area contributed by atoms with E-state index in [4.69, 9.17) is 23.2 Å². The molecule has 3 rings (SSSR count). The summed E-state index contributed by atoms with van der Waals surface area (Å²) < 4.78 is 2.07. The van der Waals surface area contributed by atoms with Crippen molar-refractivity contribution in [1.29, 1.82) is 0 Å². The standard InChI is InChI=1S/C19H23Cl2N3O/c1-2-18-17(12-23-24(18)16-5-3-4-6-16)19(25)22-8-7-13-9-14(20)11-15(21)10-13/h9-12,16H,2-8H2,1H3,(H,22,25). The predicted molar refractivity (Wildman–Crippen MR) is 102 cm³/mol. The van der Waals surface area contributed by atoms with Crippen molar-refractivity contribution < 1.29 is 4.79 Å². The van der Waals surface area contributed by atoms with E-state index in [1.165, 1.54) is 12.8 Å². The molecular weight excluding hydrogens is 357 g/mol. The molecule has 0 aliphatic heterocycles. The van der Waals surface area contributed by atoms with E-state index in [1.807, 2.05) is 12.1 Å². The van der Waals surface area contributed by atoms with Crippen LogP contribution in [0.1, 0.15) is 60.3 Å². The van der Waals surface area contributed by atoms with Crippen molar-refractivity contribution in [3.63, 3.8) is 0 Å². The molecule has 1 aromatic heterocycles. The fourth-order valence-corrected chi connectivity index (χ4v) is 4.14. The second kappa shape index (κ2) is 8.24. The summed E-state index contributed by atoms with van der Waals surface area (Å²) in [5.74, 6) is -0.0609. The number of aromatic nitrogens is 2. The van der Waals surface area contributed by atoms with Crippen molar-refractivity contribution in [3.05, 3.63) is 51.3 Å². The van der Waals surface area contributed by atoms with Crippen LogP contribution >= 0.6 is 23.2 Å². The molecule has 25 heavy (non-hydrogen) atoms. The summed E-state index contributed by atoms with van der Waals surface area (Å²) in [5.41, 5.74) is 2.74. The van der Waals surface area contributed by atoms with Gasteiger partial charge in [0, 0.05) is 16.6 Å². The lowest BCUT2D eigenvalue weighted by atomic mass is 10.1. The molecule has 6 heteroatoms. The van der Waals surface area contributed by atoms with Crippen LogP contribution in [0.15, 0.2) is 24.4 Å². The lowest BCUT2D eigenvalue weighted by molar-refractivity contribution is 0.0953. The second-order valence-electron chi connectivity index (χ2n) is 6.52. The predicted octanol–water partition coefficient (Wildman–Crippen LogP) is 4.84. The Morgan fingerprint density at radius 3 is 2.56 bits per heavy atom. The molecule has 1 aliphatic rings. The first-order chi connectivity index (χ1) is 12.1. The summed E-state index contributed by atoms with van der Waals surface area (Å²) in [6.07, 6.45) is 8.02. The van der Waals surface area contributed by atoms with Crippen molar-refractivity contribution >= 4 is 29.1 Å². The van der Waals surface area contributed by atoms with Crippen LogP contribution in [0.3, 0.4) is 0 Å². The quantitative estimate of drug-likeness (QED) is 0.780. The van der Waals surface area contributed by atoms with Crippen LogP contribution in [0.5, 0.6) is 0 Å². The first-order valence-corrected chi connectivity index (χ1v) is 9.63. The first kappa shape index (κ1) is 18.3. The molecule has 134 valence electrons. The summed E-state index contributed by atoms with van der Waals surface area (Å²) in [4.78, 5) is 12.6. The number of nitrogens with one attached hydrogen (secondary N) is 1. The Kier molecular flexibility index (Phi) is 6.02. The number of rotatable bonds is 6. The van der Waals surface area contributed by atoms with Crippen LogP contribution in [0.2, 0.25) is 10.0 Å². The van der Waals surface area contributed by atoms with E-state index in [2.05, 4.69) is 22.0 Å². The largest absolute Gasteiger partial charge is 0.352 e. The van der Waals surface area contributed by atoms with Crippen molar-refractivity contribution in [2.24, 2.45) is 0 Å². The van der Waals surface area contributed by atoms with Crippen LogP contribution in [-0.2, 0) is 12.8 Å². The average molecular weight is 380 g/mol. The van der Waals surface area contributed by atoms with E-state index in [0.717, 1.165) is 30.5 Å². The maximum absolute atomic E-state index is 12.6. The Hall–Kier alpha value is -1.52. The second-order valence-corrected chi connectivity index (χ2v) is 7.40. The normalized spacial score (nSPS) is 14.8. The molecule has 1 saturated carbocycles. The third-order valence-corrected chi connectivity index (χ3v) is 5.21. The number of halogens is 2. The molecule has 1 N–H and O–H groups in total. The van der Waals surface area contributed by atoms with Gasteiger partial charge in [0.2, 0.25) is 0 Å². The number of hydrogen-bond donors (Lipinski definition) is 1. The monoisotopic (exact) mass is 379 g/mol. The molecule has 1 aliphatic carbocycles. The van der Waals surface area contributed by atoms with E-state index < -0.39 is 0 Å². The molecule has 0 saturated heterocycles. The summed E-state index contributed by atoms with van der Waals surface area (Å²) in [6.45, 7) is 2.61. The summed E-state index contributed by atoms with van der Waals surface area (Å²) in [7, 11) is 0. The zero-order valence-corrected chi connectivity index (χ0v) is 15.9. The average Bonchev–Trinajstić information content (AvgIpc) is 3.22.